The van der Waals surface area contributed by atoms with E-state index >= 15 is 0 Å². The summed E-state index contributed by atoms with van der Waals surface area (Å²) in [7, 11) is 0. The largest absolute Gasteiger partial charge is 0.323 e. The highest BCUT2D eigenvalue weighted by Gasteiger charge is 2.07. The van der Waals surface area contributed by atoms with Gasteiger partial charge in [-0.2, -0.15) is 0 Å². The summed E-state index contributed by atoms with van der Waals surface area (Å²) in [5.41, 5.74) is 2.85. The molecule has 4 nitrogen and oxygen atoms in total. The second-order valence-electron chi connectivity index (χ2n) is 5.24. The molecule has 0 aliphatic heterocycles. The quantitative estimate of drug-likeness (QED) is 0.649. The van der Waals surface area contributed by atoms with E-state index in [2.05, 4.69) is 40.2 Å². The van der Waals surface area contributed by atoms with Crippen LogP contribution in [-0.2, 0) is 13.0 Å². The van der Waals surface area contributed by atoms with E-state index in [1.165, 1.54) is 18.4 Å². The second kappa shape index (κ2) is 6.48. The molecule has 1 aromatic carbocycles. The predicted octanol–water partition coefficient (Wildman–Crippen LogP) is 3.41. The van der Waals surface area contributed by atoms with Crippen molar-refractivity contribution >= 4 is 11.2 Å². The van der Waals surface area contributed by atoms with Gasteiger partial charge in [-0.05, 0) is 12.0 Å². The first kappa shape index (κ1) is 13.7. The van der Waals surface area contributed by atoms with Crippen molar-refractivity contribution in [3.05, 3.63) is 54.2 Å². The maximum absolute atomic E-state index is 4.54. The lowest BCUT2D eigenvalue weighted by molar-refractivity contribution is 0.695. The summed E-state index contributed by atoms with van der Waals surface area (Å²) < 4.78 is 2.04. The van der Waals surface area contributed by atoms with Crippen molar-refractivity contribution in [3.63, 3.8) is 0 Å². The third kappa shape index (κ3) is 3.27. The molecule has 0 bridgehead atoms. The fraction of sp³-hybridized carbons (Fsp3) is 0.353. The summed E-state index contributed by atoms with van der Waals surface area (Å²) in [6, 6.07) is 10.3. The molecule has 0 saturated carbocycles. The fourth-order valence-electron chi connectivity index (χ4n) is 2.38. The summed E-state index contributed by atoms with van der Waals surface area (Å²) in [6.45, 7) is 2.97. The monoisotopic (exact) mass is 279 g/mol. The second-order valence-corrected chi connectivity index (χ2v) is 5.24. The zero-order valence-corrected chi connectivity index (χ0v) is 12.3. The summed E-state index contributed by atoms with van der Waals surface area (Å²) in [5, 5.41) is 0. The maximum Gasteiger partial charge on any atom is 0.181 e. The minimum Gasteiger partial charge on any atom is -0.323 e. The van der Waals surface area contributed by atoms with E-state index in [0.717, 1.165) is 36.4 Å². The Bertz CT molecular complexity index is 703. The van der Waals surface area contributed by atoms with E-state index in [4.69, 9.17) is 0 Å². The van der Waals surface area contributed by atoms with Crippen molar-refractivity contribution < 1.29 is 0 Å². The van der Waals surface area contributed by atoms with Gasteiger partial charge in [0, 0.05) is 13.0 Å². The van der Waals surface area contributed by atoms with Crippen molar-refractivity contribution in [1.82, 2.24) is 19.5 Å². The topological polar surface area (TPSA) is 43.6 Å². The van der Waals surface area contributed by atoms with Crippen molar-refractivity contribution in [2.24, 2.45) is 0 Å². The van der Waals surface area contributed by atoms with Gasteiger partial charge < -0.3 is 4.57 Å². The highest BCUT2D eigenvalue weighted by molar-refractivity contribution is 5.68. The van der Waals surface area contributed by atoms with Crippen molar-refractivity contribution in [2.75, 3.05) is 0 Å². The highest BCUT2D eigenvalue weighted by Crippen LogP contribution is 2.12. The smallest absolute Gasteiger partial charge is 0.181 e. The molecule has 0 amide bonds. The van der Waals surface area contributed by atoms with Crippen LogP contribution < -0.4 is 0 Å². The molecule has 2 heterocycles. The molecule has 4 heteroatoms. The fourth-order valence-corrected chi connectivity index (χ4v) is 2.38. The summed E-state index contributed by atoms with van der Waals surface area (Å²) in [4.78, 5) is 13.3. The van der Waals surface area contributed by atoms with Crippen LogP contribution in [0.1, 0.15) is 37.6 Å². The van der Waals surface area contributed by atoms with Crippen molar-refractivity contribution in [1.29, 1.82) is 0 Å². The van der Waals surface area contributed by atoms with Crippen LogP contribution in [0.15, 0.2) is 36.7 Å². The Labute approximate surface area is 124 Å². The molecule has 0 fully saturated rings. The molecule has 0 unspecified atom stereocenters. The van der Waals surface area contributed by atoms with Gasteiger partial charge in [-0.15, -0.1) is 0 Å². The lowest BCUT2D eigenvalue weighted by atomic mass is 10.2. The van der Waals surface area contributed by atoms with Gasteiger partial charge in [0.15, 0.2) is 5.65 Å². The lowest BCUT2D eigenvalue weighted by Crippen LogP contribution is -2.00. The number of aryl methyl sites for hydroxylation is 1. The Morgan fingerprint density at radius 1 is 1.14 bits per heavy atom. The minimum atomic E-state index is 0.743. The number of rotatable bonds is 6. The molecule has 0 aliphatic carbocycles. The third-order valence-electron chi connectivity index (χ3n) is 3.54. The first-order chi connectivity index (χ1) is 10.4. The van der Waals surface area contributed by atoms with Gasteiger partial charge in [-0.25, -0.2) is 15.0 Å². The Hall–Kier alpha value is -2.23. The molecule has 0 N–H and O–H groups in total. The molecule has 1 radical (unpaired) electrons. The van der Waals surface area contributed by atoms with Crippen LogP contribution in [0.4, 0.5) is 0 Å². The zero-order valence-electron chi connectivity index (χ0n) is 12.3. The van der Waals surface area contributed by atoms with E-state index in [0.29, 0.717) is 0 Å². The average molecular weight is 279 g/mol. The average Bonchev–Trinajstić information content (AvgIpc) is 2.91. The lowest BCUT2D eigenvalue weighted by Gasteiger charge is -2.04. The molecule has 2 aromatic heterocycles. The van der Waals surface area contributed by atoms with Crippen LogP contribution in [0.5, 0.6) is 0 Å². The van der Waals surface area contributed by atoms with Gasteiger partial charge in [-0.3, -0.25) is 0 Å². The standard InChI is InChI=1S/C17H19N4/c1-2-3-5-10-16-18-11-15-17(20-16)19-13-21(15)12-14-8-6-4-7-9-14/h4,6-9,13H,2-3,5,10,12H2,1H3. The number of hydrogen-bond acceptors (Lipinski definition) is 3. The summed E-state index contributed by atoms with van der Waals surface area (Å²) in [6.07, 6.45) is 9.37. The Kier molecular flexibility index (Phi) is 4.24. The van der Waals surface area contributed by atoms with Crippen molar-refractivity contribution in [3.8, 4) is 0 Å². The minimum absolute atomic E-state index is 0.743. The predicted molar refractivity (Wildman–Crippen MR) is 82.9 cm³/mol. The summed E-state index contributed by atoms with van der Waals surface area (Å²) in [5.74, 6) is 0.848. The number of fused-ring (bicyclic) bond motifs is 1. The number of nitrogens with zero attached hydrogens (tertiary/aromatic N) is 4. The molecule has 21 heavy (non-hydrogen) atoms. The maximum atomic E-state index is 4.54. The SMILES string of the molecule is CCCCCc1n[c]c2c(ncn2Cc2ccccc2)n1. The zero-order chi connectivity index (χ0) is 14.5. The van der Waals surface area contributed by atoms with Gasteiger partial charge in [0.25, 0.3) is 0 Å². The van der Waals surface area contributed by atoms with Crippen LogP contribution in [0, 0.1) is 6.20 Å². The van der Waals surface area contributed by atoms with Gasteiger partial charge >= 0.3 is 0 Å². The molecular weight excluding hydrogens is 260 g/mol. The van der Waals surface area contributed by atoms with Crippen LogP contribution in [-0.4, -0.2) is 19.5 Å². The van der Waals surface area contributed by atoms with Gasteiger partial charge in [-0.1, -0.05) is 50.1 Å². The molecule has 0 spiro atoms. The first-order valence-electron chi connectivity index (χ1n) is 7.50. The molecule has 3 rings (SSSR count). The molecular formula is C17H19N4. The Morgan fingerprint density at radius 2 is 2.00 bits per heavy atom. The van der Waals surface area contributed by atoms with Crippen LogP contribution in [0.2, 0.25) is 0 Å². The molecule has 0 saturated heterocycles. The van der Waals surface area contributed by atoms with Crippen LogP contribution in [0.25, 0.3) is 11.2 Å². The Morgan fingerprint density at radius 3 is 2.81 bits per heavy atom. The first-order valence-corrected chi connectivity index (χ1v) is 7.50. The molecule has 3 aromatic rings. The molecule has 107 valence electrons. The third-order valence-corrected chi connectivity index (χ3v) is 3.54. The van der Waals surface area contributed by atoms with E-state index in [9.17, 15) is 0 Å². The highest BCUT2D eigenvalue weighted by atomic mass is 15.1. The van der Waals surface area contributed by atoms with Gasteiger partial charge in [0.05, 0.1) is 6.33 Å². The Balaban J connectivity index is 1.79. The number of unbranched alkanes of at least 4 members (excludes halogenated alkanes) is 2. The van der Waals surface area contributed by atoms with Crippen LogP contribution in [0.3, 0.4) is 0 Å². The van der Waals surface area contributed by atoms with E-state index in [-0.39, 0.29) is 0 Å². The van der Waals surface area contributed by atoms with Crippen molar-refractivity contribution in [2.45, 2.75) is 39.2 Å². The van der Waals surface area contributed by atoms with Crippen LogP contribution >= 0.6 is 0 Å². The van der Waals surface area contributed by atoms with E-state index in [1.807, 2.05) is 29.1 Å². The number of aromatic nitrogens is 4. The van der Waals surface area contributed by atoms with Gasteiger partial charge in [0.1, 0.15) is 17.5 Å². The number of benzene rings is 1. The van der Waals surface area contributed by atoms with E-state index in [1.54, 1.807) is 0 Å². The number of hydrogen-bond donors (Lipinski definition) is 0. The molecule has 0 aliphatic rings. The van der Waals surface area contributed by atoms with Gasteiger partial charge in [0.2, 0.25) is 0 Å². The van der Waals surface area contributed by atoms with E-state index < -0.39 is 0 Å². The normalized spacial score (nSPS) is 11.1. The summed E-state index contributed by atoms with van der Waals surface area (Å²) >= 11 is 0. The number of imidazole rings is 1. The molecule has 0 atom stereocenters.